The number of hydrogen-bond donors (Lipinski definition) is 1. The van der Waals surface area contributed by atoms with Gasteiger partial charge < -0.3 is 5.11 Å². The van der Waals surface area contributed by atoms with Crippen molar-refractivity contribution in [1.29, 1.82) is 0 Å². The van der Waals surface area contributed by atoms with E-state index in [1.807, 2.05) is 6.92 Å². The fraction of sp³-hybridized carbons (Fsp3) is 0.308. The highest BCUT2D eigenvalue weighted by Gasteiger charge is 2.25. The van der Waals surface area contributed by atoms with Gasteiger partial charge in [-0.3, -0.25) is 10.1 Å². The van der Waals surface area contributed by atoms with E-state index in [1.165, 1.54) is 10.7 Å². The minimum Gasteiger partial charge on any atom is -0.476 e. The SMILES string of the molecule is CCCc1c(C(=O)O)nnn1-c1c(C)cccc1[N+](=O)[O-]. The zero-order valence-corrected chi connectivity index (χ0v) is 11.6. The Hall–Kier alpha value is -2.77. The molecule has 0 bridgehead atoms. The van der Waals surface area contributed by atoms with E-state index in [-0.39, 0.29) is 17.1 Å². The molecule has 0 saturated carbocycles. The van der Waals surface area contributed by atoms with Crippen LogP contribution in [0.2, 0.25) is 0 Å². The quantitative estimate of drug-likeness (QED) is 0.667. The second kappa shape index (κ2) is 5.70. The molecule has 0 saturated heterocycles. The number of aromatic nitrogens is 3. The Balaban J connectivity index is 2.73. The highest BCUT2D eigenvalue weighted by Crippen LogP contribution is 2.27. The van der Waals surface area contributed by atoms with Crippen molar-refractivity contribution in [3.8, 4) is 5.69 Å². The molecule has 0 spiro atoms. The highest BCUT2D eigenvalue weighted by molar-refractivity contribution is 5.86. The van der Waals surface area contributed by atoms with Crippen LogP contribution in [0.15, 0.2) is 18.2 Å². The number of hydrogen-bond acceptors (Lipinski definition) is 5. The number of nitrogens with zero attached hydrogens (tertiary/aromatic N) is 4. The van der Waals surface area contributed by atoms with Crippen molar-refractivity contribution in [2.24, 2.45) is 0 Å². The lowest BCUT2D eigenvalue weighted by Crippen LogP contribution is -2.10. The van der Waals surface area contributed by atoms with E-state index in [2.05, 4.69) is 10.3 Å². The second-order valence-electron chi connectivity index (χ2n) is 4.55. The molecule has 2 rings (SSSR count). The van der Waals surface area contributed by atoms with Crippen LogP contribution in [0, 0.1) is 17.0 Å². The van der Waals surface area contributed by atoms with Gasteiger partial charge in [0.1, 0.15) is 5.69 Å². The zero-order valence-electron chi connectivity index (χ0n) is 11.6. The van der Waals surface area contributed by atoms with Gasteiger partial charge in [-0.15, -0.1) is 5.10 Å². The Morgan fingerprint density at radius 3 is 2.76 bits per heavy atom. The maximum Gasteiger partial charge on any atom is 0.358 e. The lowest BCUT2D eigenvalue weighted by atomic mass is 10.1. The molecular formula is C13H14N4O4. The molecule has 0 aliphatic heterocycles. The summed E-state index contributed by atoms with van der Waals surface area (Å²) in [5.41, 5.74) is 0.945. The summed E-state index contributed by atoms with van der Waals surface area (Å²) in [7, 11) is 0. The normalized spacial score (nSPS) is 10.6. The molecule has 2 aromatic rings. The first-order chi connectivity index (χ1) is 9.97. The monoisotopic (exact) mass is 290 g/mol. The van der Waals surface area contributed by atoms with Crippen molar-refractivity contribution >= 4 is 11.7 Å². The molecule has 0 aliphatic carbocycles. The summed E-state index contributed by atoms with van der Waals surface area (Å²) in [5.74, 6) is -1.19. The Morgan fingerprint density at radius 2 is 2.19 bits per heavy atom. The van der Waals surface area contributed by atoms with Gasteiger partial charge in [-0.05, 0) is 18.9 Å². The molecule has 0 amide bonds. The molecule has 1 aromatic heterocycles. The summed E-state index contributed by atoms with van der Waals surface area (Å²) in [6.07, 6.45) is 1.09. The highest BCUT2D eigenvalue weighted by atomic mass is 16.6. The minimum absolute atomic E-state index is 0.130. The number of para-hydroxylation sites is 1. The van der Waals surface area contributed by atoms with Crippen molar-refractivity contribution < 1.29 is 14.8 Å². The Kier molecular flexibility index (Phi) is 3.97. The Morgan fingerprint density at radius 1 is 1.48 bits per heavy atom. The predicted molar refractivity (Wildman–Crippen MR) is 73.7 cm³/mol. The van der Waals surface area contributed by atoms with Crippen molar-refractivity contribution in [3.05, 3.63) is 45.3 Å². The van der Waals surface area contributed by atoms with E-state index >= 15 is 0 Å². The number of nitro groups is 1. The molecule has 0 atom stereocenters. The predicted octanol–water partition coefficient (Wildman–Crippen LogP) is 2.13. The first kappa shape index (κ1) is 14.6. The standard InChI is InChI=1S/C13H14N4O4/c1-3-5-9-11(13(18)19)14-15-16(9)12-8(2)6-4-7-10(12)17(20)21/h4,6-7H,3,5H2,1-2H3,(H,18,19). The van der Waals surface area contributed by atoms with Crippen molar-refractivity contribution in [2.75, 3.05) is 0 Å². The smallest absolute Gasteiger partial charge is 0.358 e. The van der Waals surface area contributed by atoms with Crippen LogP contribution in [0.1, 0.15) is 35.1 Å². The molecule has 0 aliphatic rings. The first-order valence-electron chi connectivity index (χ1n) is 6.39. The number of aryl methyl sites for hydroxylation is 1. The van der Waals surface area contributed by atoms with Gasteiger partial charge in [0.25, 0.3) is 5.69 Å². The molecule has 0 radical (unpaired) electrons. The summed E-state index contributed by atoms with van der Waals surface area (Å²) < 4.78 is 1.26. The largest absolute Gasteiger partial charge is 0.476 e. The summed E-state index contributed by atoms with van der Waals surface area (Å²) in [6, 6.07) is 4.64. The second-order valence-corrected chi connectivity index (χ2v) is 4.55. The van der Waals surface area contributed by atoms with E-state index in [4.69, 9.17) is 5.11 Å². The molecule has 21 heavy (non-hydrogen) atoms. The summed E-state index contributed by atoms with van der Waals surface area (Å²) in [5, 5.41) is 27.8. The fourth-order valence-electron chi connectivity index (χ4n) is 2.17. The van der Waals surface area contributed by atoms with Crippen LogP contribution in [0.3, 0.4) is 0 Å². The molecule has 0 unspecified atom stereocenters. The van der Waals surface area contributed by atoms with Gasteiger partial charge >= 0.3 is 5.97 Å². The molecular weight excluding hydrogens is 276 g/mol. The number of aromatic carboxylic acids is 1. The molecule has 8 nitrogen and oxygen atoms in total. The van der Waals surface area contributed by atoms with Crippen LogP contribution in [0.5, 0.6) is 0 Å². The lowest BCUT2D eigenvalue weighted by Gasteiger charge is -2.09. The molecule has 1 N–H and O–H groups in total. The number of carboxylic acids is 1. The molecule has 0 fully saturated rings. The number of rotatable bonds is 5. The summed E-state index contributed by atoms with van der Waals surface area (Å²) in [4.78, 5) is 21.9. The van der Waals surface area contributed by atoms with Gasteiger partial charge in [0.05, 0.1) is 10.6 Å². The molecule has 110 valence electrons. The van der Waals surface area contributed by atoms with Crippen LogP contribution in [-0.4, -0.2) is 31.0 Å². The van der Waals surface area contributed by atoms with E-state index in [1.54, 1.807) is 19.1 Å². The van der Waals surface area contributed by atoms with Gasteiger partial charge in [-0.25, -0.2) is 9.48 Å². The first-order valence-corrected chi connectivity index (χ1v) is 6.39. The van der Waals surface area contributed by atoms with Gasteiger partial charge in [-0.1, -0.05) is 30.7 Å². The van der Waals surface area contributed by atoms with E-state index in [0.717, 1.165) is 0 Å². The van der Waals surface area contributed by atoms with Gasteiger partial charge in [-0.2, -0.15) is 0 Å². The average molecular weight is 290 g/mol. The minimum atomic E-state index is -1.19. The third-order valence-electron chi connectivity index (χ3n) is 3.08. The van der Waals surface area contributed by atoms with E-state index in [9.17, 15) is 14.9 Å². The Labute approximate surface area is 120 Å². The van der Waals surface area contributed by atoms with Gasteiger partial charge in [0, 0.05) is 6.07 Å². The lowest BCUT2D eigenvalue weighted by molar-refractivity contribution is -0.384. The van der Waals surface area contributed by atoms with Gasteiger partial charge in [0.2, 0.25) is 0 Å². The maximum absolute atomic E-state index is 11.2. The number of carbonyl (C=O) groups is 1. The van der Waals surface area contributed by atoms with Crippen molar-refractivity contribution in [3.63, 3.8) is 0 Å². The van der Waals surface area contributed by atoms with Crippen LogP contribution >= 0.6 is 0 Å². The Bertz CT molecular complexity index is 708. The van der Waals surface area contributed by atoms with Crippen LogP contribution in [-0.2, 0) is 6.42 Å². The van der Waals surface area contributed by atoms with Crippen LogP contribution in [0.4, 0.5) is 5.69 Å². The fourth-order valence-corrected chi connectivity index (χ4v) is 2.17. The summed E-state index contributed by atoms with van der Waals surface area (Å²) >= 11 is 0. The molecule has 8 heteroatoms. The molecule has 1 heterocycles. The third kappa shape index (κ3) is 2.60. The zero-order chi connectivity index (χ0) is 15.6. The average Bonchev–Trinajstić information content (AvgIpc) is 2.82. The number of benzene rings is 1. The van der Waals surface area contributed by atoms with Crippen molar-refractivity contribution in [2.45, 2.75) is 26.7 Å². The molecule has 1 aromatic carbocycles. The van der Waals surface area contributed by atoms with Crippen molar-refractivity contribution in [1.82, 2.24) is 15.0 Å². The van der Waals surface area contributed by atoms with E-state index < -0.39 is 10.9 Å². The van der Waals surface area contributed by atoms with E-state index in [0.29, 0.717) is 24.1 Å². The topological polar surface area (TPSA) is 111 Å². The van der Waals surface area contributed by atoms with Crippen LogP contribution in [0.25, 0.3) is 5.69 Å². The third-order valence-corrected chi connectivity index (χ3v) is 3.08. The van der Waals surface area contributed by atoms with Crippen LogP contribution < -0.4 is 0 Å². The van der Waals surface area contributed by atoms with Gasteiger partial charge in [0.15, 0.2) is 5.69 Å². The number of carboxylic acid groups (broad SMARTS) is 1. The number of nitro benzene ring substituents is 1. The summed E-state index contributed by atoms with van der Waals surface area (Å²) in [6.45, 7) is 3.59. The maximum atomic E-state index is 11.2.